The maximum Gasteiger partial charge on any atom is 0.225 e. The van der Waals surface area contributed by atoms with Crippen molar-refractivity contribution in [3.63, 3.8) is 0 Å². The van der Waals surface area contributed by atoms with Gasteiger partial charge in [-0.25, -0.2) is 9.67 Å². The first kappa shape index (κ1) is 20.8. The van der Waals surface area contributed by atoms with E-state index in [1.165, 1.54) is 0 Å². The van der Waals surface area contributed by atoms with E-state index >= 15 is 0 Å². The van der Waals surface area contributed by atoms with Crippen molar-refractivity contribution in [3.8, 4) is 29.1 Å². The van der Waals surface area contributed by atoms with E-state index in [-0.39, 0.29) is 11.9 Å². The van der Waals surface area contributed by atoms with Crippen LogP contribution < -0.4 is 10.5 Å². The van der Waals surface area contributed by atoms with Gasteiger partial charge in [-0.2, -0.15) is 10.4 Å². The van der Waals surface area contributed by atoms with E-state index < -0.39 is 5.92 Å². The number of fused-ring (bicyclic) bond motifs is 2. The van der Waals surface area contributed by atoms with E-state index in [2.05, 4.69) is 11.1 Å². The van der Waals surface area contributed by atoms with Crippen LogP contribution in [0.5, 0.6) is 5.88 Å². The van der Waals surface area contributed by atoms with E-state index in [4.69, 9.17) is 20.0 Å². The summed E-state index contributed by atoms with van der Waals surface area (Å²) in [6.45, 7) is 4.04. The van der Waals surface area contributed by atoms with Crippen LogP contribution in [0, 0.1) is 11.3 Å². The lowest BCUT2D eigenvalue weighted by Gasteiger charge is -2.25. The second-order valence-electron chi connectivity index (χ2n) is 8.74. The predicted octanol–water partition coefficient (Wildman–Crippen LogP) is 5.28. The Kier molecular flexibility index (Phi) is 4.71. The maximum absolute atomic E-state index is 10.1. The number of allylic oxidation sites excluding steroid dienone is 1. The molecule has 0 radical (unpaired) electrons. The second kappa shape index (κ2) is 7.92. The highest BCUT2D eigenvalue weighted by Crippen LogP contribution is 2.48. The van der Waals surface area contributed by atoms with Crippen LogP contribution in [0.3, 0.4) is 0 Å². The molecule has 1 aliphatic heterocycles. The molecule has 1 unspecified atom stereocenters. The van der Waals surface area contributed by atoms with Crippen LogP contribution >= 0.6 is 0 Å². The van der Waals surface area contributed by atoms with Gasteiger partial charge in [0.2, 0.25) is 11.8 Å². The van der Waals surface area contributed by atoms with Crippen LogP contribution in [0.25, 0.3) is 28.1 Å². The molecule has 2 N–H and O–H groups in total. The summed E-state index contributed by atoms with van der Waals surface area (Å²) in [5.74, 6) is 0.761. The van der Waals surface area contributed by atoms with E-state index in [0.717, 1.165) is 27.8 Å². The van der Waals surface area contributed by atoms with Crippen molar-refractivity contribution in [1.29, 1.82) is 5.26 Å². The zero-order valence-corrected chi connectivity index (χ0v) is 19.2. The molecule has 35 heavy (non-hydrogen) atoms. The topological polar surface area (TPSA) is 108 Å². The molecule has 1 aliphatic rings. The molecule has 172 valence electrons. The SMILES string of the molecule is CC(C)n1nc(-c2cc3ccccc3o2)c2c1OC(N)=C(C#N)C2c1ccc(-n2ccnc2)cc1. The summed E-state index contributed by atoms with van der Waals surface area (Å²) < 4.78 is 15.9. The Morgan fingerprint density at radius 2 is 1.91 bits per heavy atom. The number of para-hydroxylation sites is 1. The molecule has 0 aliphatic carbocycles. The summed E-state index contributed by atoms with van der Waals surface area (Å²) >= 11 is 0. The van der Waals surface area contributed by atoms with E-state index in [0.29, 0.717) is 22.9 Å². The molecule has 4 heterocycles. The fourth-order valence-corrected chi connectivity index (χ4v) is 4.57. The normalized spacial score (nSPS) is 15.3. The van der Waals surface area contributed by atoms with E-state index in [1.54, 1.807) is 17.2 Å². The standard InChI is InChI=1S/C27H22N6O2/c1-16(2)33-27-24(25(31-33)22-13-18-5-3-4-6-21(18)34-22)23(20(14-28)26(29)35-27)17-7-9-19(10-8-17)32-12-11-30-15-32/h3-13,15-16,23H,29H2,1-2H3. The Morgan fingerprint density at radius 1 is 1.11 bits per heavy atom. The summed E-state index contributed by atoms with van der Waals surface area (Å²) in [7, 11) is 0. The first-order chi connectivity index (χ1) is 17.0. The van der Waals surface area contributed by atoms with Gasteiger partial charge < -0.3 is 19.5 Å². The minimum absolute atomic E-state index is 0.00239. The molecule has 3 aromatic heterocycles. The van der Waals surface area contributed by atoms with Crippen LogP contribution in [0.1, 0.15) is 36.9 Å². The number of nitrogens with zero attached hydrogens (tertiary/aromatic N) is 5. The molecule has 0 saturated heterocycles. The summed E-state index contributed by atoms with van der Waals surface area (Å²) in [4.78, 5) is 4.12. The predicted molar refractivity (Wildman–Crippen MR) is 131 cm³/mol. The van der Waals surface area contributed by atoms with Crippen molar-refractivity contribution in [3.05, 3.63) is 95.9 Å². The van der Waals surface area contributed by atoms with Crippen LogP contribution in [0.4, 0.5) is 0 Å². The van der Waals surface area contributed by atoms with Crippen molar-refractivity contribution in [2.45, 2.75) is 25.8 Å². The van der Waals surface area contributed by atoms with Gasteiger partial charge in [-0.05, 0) is 43.7 Å². The van der Waals surface area contributed by atoms with Gasteiger partial charge in [0.25, 0.3) is 0 Å². The molecule has 6 rings (SSSR count). The van der Waals surface area contributed by atoms with Crippen molar-refractivity contribution in [2.75, 3.05) is 0 Å². The number of benzene rings is 2. The first-order valence-electron chi connectivity index (χ1n) is 11.3. The van der Waals surface area contributed by atoms with Crippen LogP contribution in [-0.4, -0.2) is 19.3 Å². The zero-order chi connectivity index (χ0) is 24.1. The Balaban J connectivity index is 1.57. The lowest BCUT2D eigenvalue weighted by Crippen LogP contribution is -2.22. The van der Waals surface area contributed by atoms with Crippen molar-refractivity contribution < 1.29 is 9.15 Å². The molecule has 0 saturated carbocycles. The van der Waals surface area contributed by atoms with Crippen molar-refractivity contribution in [2.24, 2.45) is 5.73 Å². The average molecular weight is 463 g/mol. The molecule has 8 heteroatoms. The van der Waals surface area contributed by atoms with Crippen LogP contribution in [0.15, 0.2) is 89.2 Å². The Labute approximate surface area is 201 Å². The van der Waals surface area contributed by atoms with Gasteiger partial charge in [0.15, 0.2) is 5.76 Å². The van der Waals surface area contributed by atoms with E-state index in [9.17, 15) is 5.26 Å². The van der Waals surface area contributed by atoms with Crippen LogP contribution in [0.2, 0.25) is 0 Å². The fourth-order valence-electron chi connectivity index (χ4n) is 4.57. The number of imidazole rings is 1. The number of rotatable bonds is 4. The summed E-state index contributed by atoms with van der Waals surface area (Å²) in [5.41, 5.74) is 10.6. The minimum atomic E-state index is -0.462. The lowest BCUT2D eigenvalue weighted by molar-refractivity contribution is 0.334. The van der Waals surface area contributed by atoms with Gasteiger partial charge in [-0.3, -0.25) is 0 Å². The number of furan rings is 1. The second-order valence-corrected chi connectivity index (χ2v) is 8.74. The highest BCUT2D eigenvalue weighted by atomic mass is 16.5. The molecular formula is C27H22N6O2. The molecule has 1 atom stereocenters. The maximum atomic E-state index is 10.1. The molecule has 5 aromatic rings. The summed E-state index contributed by atoms with van der Waals surface area (Å²) in [6, 6.07) is 20.0. The van der Waals surface area contributed by atoms with Gasteiger partial charge in [0, 0.05) is 23.5 Å². The van der Waals surface area contributed by atoms with Gasteiger partial charge in [0.1, 0.15) is 22.9 Å². The third-order valence-corrected chi connectivity index (χ3v) is 6.25. The fraction of sp³-hybridized carbons (Fsp3) is 0.148. The molecular weight excluding hydrogens is 440 g/mol. The highest BCUT2D eigenvalue weighted by Gasteiger charge is 2.38. The number of hydrogen-bond acceptors (Lipinski definition) is 6. The monoisotopic (exact) mass is 462 g/mol. The largest absolute Gasteiger partial charge is 0.454 e. The summed E-state index contributed by atoms with van der Waals surface area (Å²) in [6.07, 6.45) is 5.36. The quantitative estimate of drug-likeness (QED) is 0.389. The number of nitriles is 1. The molecule has 0 amide bonds. The lowest BCUT2D eigenvalue weighted by atomic mass is 9.83. The van der Waals surface area contributed by atoms with Crippen molar-refractivity contribution >= 4 is 11.0 Å². The first-order valence-corrected chi connectivity index (χ1v) is 11.3. The molecule has 0 spiro atoms. The Bertz CT molecular complexity index is 1580. The van der Waals surface area contributed by atoms with Gasteiger partial charge in [-0.1, -0.05) is 30.3 Å². The molecule has 8 nitrogen and oxygen atoms in total. The van der Waals surface area contributed by atoms with E-state index in [1.807, 2.05) is 79.2 Å². The zero-order valence-electron chi connectivity index (χ0n) is 19.2. The average Bonchev–Trinajstić information content (AvgIpc) is 3.61. The molecule has 0 bridgehead atoms. The molecule has 0 fully saturated rings. The number of ether oxygens (including phenoxy) is 1. The number of hydrogen-bond donors (Lipinski definition) is 1. The Morgan fingerprint density at radius 3 is 2.60 bits per heavy atom. The smallest absolute Gasteiger partial charge is 0.225 e. The minimum Gasteiger partial charge on any atom is -0.454 e. The highest BCUT2D eigenvalue weighted by molar-refractivity contribution is 5.83. The van der Waals surface area contributed by atoms with Gasteiger partial charge in [-0.15, -0.1) is 0 Å². The number of nitrogens with two attached hydrogens (primary N) is 1. The Hall–Kier alpha value is -4.77. The third kappa shape index (κ3) is 3.28. The van der Waals surface area contributed by atoms with Gasteiger partial charge >= 0.3 is 0 Å². The summed E-state index contributed by atoms with van der Waals surface area (Å²) in [5, 5.41) is 15.9. The van der Waals surface area contributed by atoms with Crippen molar-refractivity contribution in [1.82, 2.24) is 19.3 Å². The number of aromatic nitrogens is 4. The molecule has 2 aromatic carbocycles. The third-order valence-electron chi connectivity index (χ3n) is 6.25. The van der Waals surface area contributed by atoms with Gasteiger partial charge in [0.05, 0.1) is 23.9 Å². The van der Waals surface area contributed by atoms with Crippen LogP contribution in [-0.2, 0) is 0 Å².